The van der Waals surface area contributed by atoms with Crippen molar-refractivity contribution in [1.29, 1.82) is 0 Å². The third kappa shape index (κ3) is 3.75. The van der Waals surface area contributed by atoms with Gasteiger partial charge in [0, 0.05) is 19.3 Å². The van der Waals surface area contributed by atoms with Crippen LogP contribution in [0.15, 0.2) is 71.5 Å². The van der Waals surface area contributed by atoms with E-state index in [-0.39, 0.29) is 11.5 Å². The summed E-state index contributed by atoms with van der Waals surface area (Å²) in [6.45, 7) is 0. The maximum Gasteiger partial charge on any atom is 0.277 e. The first-order valence-electron chi connectivity index (χ1n) is 8.38. The first-order valence-corrected chi connectivity index (χ1v) is 8.38. The normalized spacial score (nSPS) is 10.6. The smallest absolute Gasteiger partial charge is 0.277 e. The Hall–Kier alpha value is -3.94. The van der Waals surface area contributed by atoms with Gasteiger partial charge in [0.25, 0.3) is 5.91 Å². The Morgan fingerprint density at radius 2 is 1.96 bits per heavy atom. The molecule has 0 saturated carbocycles. The maximum absolute atomic E-state index is 13.1. The van der Waals surface area contributed by atoms with Crippen LogP contribution in [-0.4, -0.2) is 20.8 Å². The van der Waals surface area contributed by atoms with Crippen molar-refractivity contribution >= 4 is 11.6 Å². The van der Waals surface area contributed by atoms with E-state index in [9.17, 15) is 9.18 Å². The molecule has 7 nitrogen and oxygen atoms in total. The van der Waals surface area contributed by atoms with Gasteiger partial charge < -0.3 is 14.6 Å². The number of benzene rings is 2. The zero-order valence-electron chi connectivity index (χ0n) is 14.8. The molecular weight excluding hydrogens is 363 g/mol. The predicted octanol–water partition coefficient (Wildman–Crippen LogP) is 4.26. The van der Waals surface area contributed by atoms with Crippen LogP contribution >= 0.6 is 0 Å². The average molecular weight is 378 g/mol. The van der Waals surface area contributed by atoms with Gasteiger partial charge in [-0.3, -0.25) is 9.48 Å². The number of amides is 1. The first-order chi connectivity index (χ1) is 13.6. The summed E-state index contributed by atoms with van der Waals surface area (Å²) < 4.78 is 25.7. The van der Waals surface area contributed by atoms with Crippen LogP contribution in [0.5, 0.6) is 11.5 Å². The number of hydrogen-bond acceptors (Lipinski definition) is 5. The van der Waals surface area contributed by atoms with Crippen molar-refractivity contribution in [3.8, 4) is 22.8 Å². The second-order valence-corrected chi connectivity index (χ2v) is 5.99. The zero-order valence-corrected chi connectivity index (χ0v) is 14.8. The second-order valence-electron chi connectivity index (χ2n) is 5.99. The van der Waals surface area contributed by atoms with Gasteiger partial charge in [0.2, 0.25) is 0 Å². The SMILES string of the molecule is Cn1cc(-c2cc(C(=O)Nc3ccccc3Oc3ccc(F)cc3)no2)cn1. The summed E-state index contributed by atoms with van der Waals surface area (Å²) in [4.78, 5) is 12.6. The van der Waals surface area contributed by atoms with E-state index >= 15 is 0 Å². The third-order valence-electron chi connectivity index (χ3n) is 3.91. The molecule has 2 aromatic heterocycles. The summed E-state index contributed by atoms with van der Waals surface area (Å²) in [7, 11) is 1.78. The number of aromatic nitrogens is 3. The highest BCUT2D eigenvalue weighted by atomic mass is 19.1. The highest BCUT2D eigenvalue weighted by Crippen LogP contribution is 2.30. The molecule has 4 aromatic rings. The minimum absolute atomic E-state index is 0.121. The number of ether oxygens (including phenoxy) is 1. The Bertz CT molecular complexity index is 1120. The van der Waals surface area contributed by atoms with Crippen molar-refractivity contribution in [2.24, 2.45) is 7.05 Å². The van der Waals surface area contributed by atoms with Crippen molar-refractivity contribution < 1.29 is 18.4 Å². The maximum atomic E-state index is 13.1. The lowest BCUT2D eigenvalue weighted by Gasteiger charge is -2.11. The fraction of sp³-hybridized carbons (Fsp3) is 0.0500. The molecule has 1 N–H and O–H groups in total. The van der Waals surface area contributed by atoms with Gasteiger partial charge in [-0.05, 0) is 36.4 Å². The van der Waals surface area contributed by atoms with Gasteiger partial charge in [0.05, 0.1) is 17.4 Å². The summed E-state index contributed by atoms with van der Waals surface area (Å²) in [5.74, 6) is 0.495. The van der Waals surface area contributed by atoms with E-state index in [2.05, 4.69) is 15.6 Å². The van der Waals surface area contributed by atoms with Crippen LogP contribution in [0.25, 0.3) is 11.3 Å². The van der Waals surface area contributed by atoms with Crippen molar-refractivity contribution in [2.75, 3.05) is 5.32 Å². The number of halogens is 1. The molecule has 0 radical (unpaired) electrons. The number of aryl methyl sites for hydroxylation is 1. The minimum atomic E-state index is -0.450. The third-order valence-corrected chi connectivity index (χ3v) is 3.91. The highest BCUT2D eigenvalue weighted by Gasteiger charge is 2.16. The molecule has 8 heteroatoms. The number of hydrogen-bond donors (Lipinski definition) is 1. The van der Waals surface area contributed by atoms with Gasteiger partial charge in [-0.2, -0.15) is 5.10 Å². The standard InChI is InChI=1S/C20H15FN4O3/c1-25-12-13(11-22-25)19-10-17(24-28-19)20(26)23-16-4-2-3-5-18(16)27-15-8-6-14(21)7-9-15/h2-12H,1H3,(H,23,26). The van der Waals surface area contributed by atoms with Crippen molar-refractivity contribution in [3.63, 3.8) is 0 Å². The summed E-state index contributed by atoms with van der Waals surface area (Å²) >= 11 is 0. The molecule has 1 amide bonds. The van der Waals surface area contributed by atoms with E-state index < -0.39 is 5.91 Å². The summed E-state index contributed by atoms with van der Waals surface area (Å²) in [5.41, 5.74) is 1.28. The van der Waals surface area contributed by atoms with E-state index in [0.717, 1.165) is 0 Å². The van der Waals surface area contributed by atoms with Crippen LogP contribution in [0.3, 0.4) is 0 Å². The molecule has 0 aliphatic rings. The lowest BCUT2D eigenvalue weighted by molar-refractivity contribution is 0.101. The Balaban J connectivity index is 1.52. The Morgan fingerprint density at radius 3 is 2.71 bits per heavy atom. The first kappa shape index (κ1) is 17.5. The number of carbonyl (C=O) groups excluding carboxylic acids is 1. The average Bonchev–Trinajstić information content (AvgIpc) is 3.34. The lowest BCUT2D eigenvalue weighted by Crippen LogP contribution is -2.12. The van der Waals surface area contributed by atoms with Crippen molar-refractivity contribution in [2.45, 2.75) is 0 Å². The van der Waals surface area contributed by atoms with Crippen molar-refractivity contribution in [1.82, 2.24) is 14.9 Å². The van der Waals surface area contributed by atoms with Gasteiger partial charge in [-0.25, -0.2) is 4.39 Å². The molecule has 0 aliphatic carbocycles. The molecule has 0 fully saturated rings. The molecule has 28 heavy (non-hydrogen) atoms. The van der Waals surface area contributed by atoms with Gasteiger partial charge >= 0.3 is 0 Å². The van der Waals surface area contributed by atoms with Gasteiger partial charge in [0.1, 0.15) is 11.6 Å². The Kier molecular flexibility index (Phi) is 4.59. The molecular formula is C20H15FN4O3. The summed E-state index contributed by atoms with van der Waals surface area (Å²) in [5, 5.41) is 10.6. The van der Waals surface area contributed by atoms with Crippen molar-refractivity contribution in [3.05, 3.63) is 78.5 Å². The molecule has 0 unspecified atom stereocenters. The van der Waals surface area contributed by atoms with Crippen LogP contribution < -0.4 is 10.1 Å². The monoisotopic (exact) mass is 378 g/mol. The van der Waals surface area contributed by atoms with Crippen LogP contribution in [0.2, 0.25) is 0 Å². The minimum Gasteiger partial charge on any atom is -0.455 e. The molecule has 0 aliphatic heterocycles. The number of nitrogens with one attached hydrogen (secondary N) is 1. The number of anilines is 1. The van der Waals surface area contributed by atoms with E-state index in [4.69, 9.17) is 9.26 Å². The molecule has 2 heterocycles. The predicted molar refractivity (Wildman–Crippen MR) is 99.6 cm³/mol. The lowest BCUT2D eigenvalue weighted by atomic mass is 10.2. The van der Waals surface area contributed by atoms with E-state index in [1.165, 1.54) is 30.3 Å². The van der Waals surface area contributed by atoms with Gasteiger partial charge in [-0.1, -0.05) is 17.3 Å². The molecule has 4 rings (SSSR count). The largest absolute Gasteiger partial charge is 0.455 e. The van der Waals surface area contributed by atoms with E-state index in [1.54, 1.807) is 48.4 Å². The quantitative estimate of drug-likeness (QED) is 0.561. The Labute approximate surface area is 159 Å². The fourth-order valence-electron chi connectivity index (χ4n) is 2.54. The second kappa shape index (κ2) is 7.36. The van der Waals surface area contributed by atoms with Gasteiger partial charge in [-0.15, -0.1) is 0 Å². The van der Waals surface area contributed by atoms with Crippen LogP contribution in [-0.2, 0) is 7.05 Å². The Morgan fingerprint density at radius 1 is 1.18 bits per heavy atom. The molecule has 0 saturated heterocycles. The topological polar surface area (TPSA) is 82.2 Å². The van der Waals surface area contributed by atoms with Crippen LogP contribution in [0.1, 0.15) is 10.5 Å². The number of nitrogens with zero attached hydrogens (tertiary/aromatic N) is 3. The molecule has 140 valence electrons. The van der Waals surface area contributed by atoms with E-state index in [1.807, 2.05) is 0 Å². The number of carbonyl (C=O) groups is 1. The molecule has 0 atom stereocenters. The zero-order chi connectivity index (χ0) is 19.5. The summed E-state index contributed by atoms with van der Waals surface area (Å²) in [6, 6.07) is 14.1. The summed E-state index contributed by atoms with van der Waals surface area (Å²) in [6.07, 6.45) is 3.38. The number of para-hydroxylation sites is 2. The van der Waals surface area contributed by atoms with Crippen LogP contribution in [0.4, 0.5) is 10.1 Å². The van der Waals surface area contributed by atoms with Gasteiger partial charge in [0.15, 0.2) is 17.2 Å². The molecule has 2 aromatic carbocycles. The van der Waals surface area contributed by atoms with E-state index in [0.29, 0.717) is 28.5 Å². The fourth-order valence-corrected chi connectivity index (χ4v) is 2.54. The number of rotatable bonds is 5. The molecule has 0 spiro atoms. The highest BCUT2D eigenvalue weighted by molar-refractivity contribution is 6.04. The van der Waals surface area contributed by atoms with Crippen LogP contribution in [0, 0.1) is 5.82 Å². The molecule has 0 bridgehead atoms.